The van der Waals surface area contributed by atoms with Crippen LogP contribution in [0.5, 0.6) is 0 Å². The number of rotatable bonds is 8. The van der Waals surface area contributed by atoms with Crippen molar-refractivity contribution < 1.29 is 62.9 Å². The molecule has 51 heavy (non-hydrogen) atoms. The van der Waals surface area contributed by atoms with E-state index in [1.165, 1.54) is 20.1 Å². The van der Waals surface area contributed by atoms with Crippen LogP contribution in [-0.2, 0) is 47.5 Å². The lowest BCUT2D eigenvalue weighted by Gasteiger charge is -2.51. The molecule has 0 spiro atoms. The molecule has 0 aromatic carbocycles. The first-order valence-corrected chi connectivity index (χ1v) is 18.8. The summed E-state index contributed by atoms with van der Waals surface area (Å²) in [5.74, 6) is -4.24. The van der Waals surface area contributed by atoms with Gasteiger partial charge in [-0.1, -0.05) is 46.1 Å². The predicted molar refractivity (Wildman–Crippen MR) is 184 cm³/mol. The maximum atomic E-state index is 13.2. The van der Waals surface area contributed by atoms with E-state index >= 15 is 0 Å². The second kappa shape index (κ2) is 19.1. The van der Waals surface area contributed by atoms with Crippen molar-refractivity contribution in [3.05, 3.63) is 23.8 Å². The number of unbranched alkanes of at least 4 members (excludes halogenated alkanes) is 3. The van der Waals surface area contributed by atoms with Crippen LogP contribution < -0.4 is 0 Å². The van der Waals surface area contributed by atoms with Crippen LogP contribution in [0.25, 0.3) is 0 Å². The molecule has 4 aliphatic heterocycles. The molecule has 290 valence electrons. The highest BCUT2D eigenvalue weighted by molar-refractivity contribution is 5.83. The fourth-order valence-electron chi connectivity index (χ4n) is 7.33. The molecule has 0 aliphatic carbocycles. The van der Waals surface area contributed by atoms with Gasteiger partial charge in [-0.2, -0.15) is 0 Å². The van der Waals surface area contributed by atoms with Crippen LogP contribution in [0, 0.1) is 5.41 Å². The Morgan fingerprint density at radius 2 is 1.75 bits per heavy atom. The third-order valence-corrected chi connectivity index (χ3v) is 10.3. The number of esters is 3. The number of aliphatic hydroxyl groups excluding tert-OH is 2. The highest BCUT2D eigenvalue weighted by Crippen LogP contribution is 2.47. The van der Waals surface area contributed by atoms with Crippen molar-refractivity contribution in [2.24, 2.45) is 5.41 Å². The van der Waals surface area contributed by atoms with Crippen molar-refractivity contribution in [2.45, 2.75) is 178 Å². The average Bonchev–Trinajstić information content (AvgIpc) is 3.06. The van der Waals surface area contributed by atoms with Gasteiger partial charge in [0, 0.05) is 30.8 Å². The minimum absolute atomic E-state index is 0.00884. The van der Waals surface area contributed by atoms with Crippen LogP contribution in [0.15, 0.2) is 23.8 Å². The second-order valence-electron chi connectivity index (χ2n) is 15.1. The van der Waals surface area contributed by atoms with Gasteiger partial charge in [0.2, 0.25) is 5.79 Å². The third-order valence-electron chi connectivity index (χ3n) is 10.3. The summed E-state index contributed by atoms with van der Waals surface area (Å²) >= 11 is 0. The fraction of sp³-hybridized carbons (Fsp3) is 0.816. The van der Waals surface area contributed by atoms with E-state index in [2.05, 4.69) is 6.92 Å². The number of hydrogen-bond donors (Lipinski definition) is 3. The lowest BCUT2D eigenvalue weighted by molar-refractivity contribution is -0.327. The van der Waals surface area contributed by atoms with Crippen LogP contribution in [0.4, 0.5) is 0 Å². The lowest BCUT2D eigenvalue weighted by atomic mass is 9.74. The molecular weight excluding hydrogens is 664 g/mol. The van der Waals surface area contributed by atoms with Gasteiger partial charge in [0.1, 0.15) is 6.10 Å². The lowest BCUT2D eigenvalue weighted by Crippen LogP contribution is -2.62. The van der Waals surface area contributed by atoms with E-state index in [4.69, 9.17) is 33.2 Å². The minimum atomic E-state index is -2.26. The van der Waals surface area contributed by atoms with Gasteiger partial charge in [-0.05, 0) is 63.5 Å². The van der Waals surface area contributed by atoms with Gasteiger partial charge in [-0.15, -0.1) is 0 Å². The number of carbonyl (C=O) groups excluding carboxylic acids is 3. The van der Waals surface area contributed by atoms with Crippen molar-refractivity contribution in [1.82, 2.24) is 0 Å². The van der Waals surface area contributed by atoms with Gasteiger partial charge in [0.05, 0.1) is 56.8 Å². The number of aliphatic hydroxyl groups is 3. The molecule has 0 aromatic heterocycles. The Kier molecular flexibility index (Phi) is 15.5. The largest absolute Gasteiger partial charge is 0.466 e. The molecule has 13 heteroatoms. The molecule has 4 aliphatic rings. The quantitative estimate of drug-likeness (QED) is 0.106. The van der Waals surface area contributed by atoms with E-state index < -0.39 is 65.9 Å². The van der Waals surface area contributed by atoms with Gasteiger partial charge in [-0.3, -0.25) is 9.59 Å². The summed E-state index contributed by atoms with van der Waals surface area (Å²) in [6, 6.07) is 0. The topological polar surface area (TPSA) is 177 Å². The molecule has 1 unspecified atom stereocenters. The van der Waals surface area contributed by atoms with Gasteiger partial charge in [0.15, 0.2) is 12.4 Å². The van der Waals surface area contributed by atoms with Crippen molar-refractivity contribution in [3.63, 3.8) is 0 Å². The molecule has 3 saturated heterocycles. The maximum absolute atomic E-state index is 13.2. The highest BCUT2D eigenvalue weighted by atomic mass is 16.7. The van der Waals surface area contributed by atoms with Crippen molar-refractivity contribution in [1.29, 1.82) is 0 Å². The Bertz CT molecular complexity index is 1210. The number of methoxy groups -OCH3 is 1. The molecular formula is C38H60O13. The monoisotopic (exact) mass is 724 g/mol. The number of ether oxygens (including phenoxy) is 7. The normalized spacial score (nSPS) is 37.0. The second-order valence-corrected chi connectivity index (χ2v) is 15.1. The van der Waals surface area contributed by atoms with Crippen molar-refractivity contribution >= 4 is 17.9 Å². The summed E-state index contributed by atoms with van der Waals surface area (Å²) in [5.41, 5.74) is -1.05. The number of carbonyl (C=O) groups is 3. The Hall–Kier alpha value is -2.39. The summed E-state index contributed by atoms with van der Waals surface area (Å²) < 4.78 is 41.6. The summed E-state index contributed by atoms with van der Waals surface area (Å²) in [6.07, 6.45) is 5.05. The van der Waals surface area contributed by atoms with Gasteiger partial charge < -0.3 is 48.5 Å². The molecule has 4 heterocycles. The minimum Gasteiger partial charge on any atom is -0.466 e. The third kappa shape index (κ3) is 11.8. The number of hydrogen-bond acceptors (Lipinski definition) is 13. The van der Waals surface area contributed by atoms with Gasteiger partial charge in [0.25, 0.3) is 0 Å². The molecule has 4 rings (SSSR count). The summed E-state index contributed by atoms with van der Waals surface area (Å²) in [4.78, 5) is 39.0. The predicted octanol–water partition coefficient (Wildman–Crippen LogP) is 4.32. The molecule has 0 aromatic rings. The van der Waals surface area contributed by atoms with E-state index in [1.807, 2.05) is 0 Å². The Morgan fingerprint density at radius 3 is 2.45 bits per heavy atom. The summed E-state index contributed by atoms with van der Waals surface area (Å²) in [5, 5.41) is 34.2. The van der Waals surface area contributed by atoms with Crippen molar-refractivity contribution in [2.75, 3.05) is 13.7 Å². The van der Waals surface area contributed by atoms with Crippen LogP contribution in [0.3, 0.4) is 0 Å². The molecule has 0 saturated carbocycles. The van der Waals surface area contributed by atoms with Crippen LogP contribution >= 0.6 is 0 Å². The van der Waals surface area contributed by atoms with Gasteiger partial charge >= 0.3 is 17.9 Å². The summed E-state index contributed by atoms with van der Waals surface area (Å²) in [7, 11) is 1.22. The first-order valence-electron chi connectivity index (χ1n) is 18.8. The fourth-order valence-corrected chi connectivity index (χ4v) is 7.33. The highest BCUT2D eigenvalue weighted by Gasteiger charge is 2.57. The van der Waals surface area contributed by atoms with Crippen LogP contribution in [0.2, 0.25) is 0 Å². The first-order chi connectivity index (χ1) is 24.2. The molecule has 6 bridgehead atoms. The van der Waals surface area contributed by atoms with E-state index in [1.54, 1.807) is 26.0 Å². The molecule has 10 atom stereocenters. The van der Waals surface area contributed by atoms with E-state index in [0.717, 1.165) is 38.5 Å². The number of cyclic esters (lactones) is 1. The van der Waals surface area contributed by atoms with Gasteiger partial charge in [-0.25, -0.2) is 4.79 Å². The number of fused-ring (bicyclic) bond motifs is 6. The molecule has 3 N–H and O–H groups in total. The van der Waals surface area contributed by atoms with E-state index in [0.29, 0.717) is 25.9 Å². The standard InChI is InChI=1S/C38H60O13/c1-6-7-8-9-13-32(41)50-36-25(19-33(42)45-5)18-30-23-31(24(2)39)49-34(43)21-26(40)20-27-11-10-12-28(47-27)22-29-15-17-46-35(48-29)14-16-37(3,4)38(36,44)51-30/h14,16,19,24,26-31,35-36,39-40,44H,6-13,15,17-18,20-23H2,1-5H3/b16-14+,25-19+/t24-,26-,27+,28-,29?,30+,31-,35+,36+,38-/m1/s1. The molecule has 3 fully saturated rings. The smallest absolute Gasteiger partial charge is 0.330 e. The zero-order valence-corrected chi connectivity index (χ0v) is 31.0. The maximum Gasteiger partial charge on any atom is 0.330 e. The average molecular weight is 725 g/mol. The molecule has 13 nitrogen and oxygen atoms in total. The zero-order valence-electron chi connectivity index (χ0n) is 31.0. The SMILES string of the molecule is CCCCCCC(=O)O[C@H]1/C(=C/C(=O)OC)C[C@H]2C[C@H]([C@@H](C)O)OC(=O)C[C@H](O)C[C@@H]3CCC[C@H](CC4CCO[C@H](/C=C/C(C)(C)[C@]1(O)O2)O4)O3. The Morgan fingerprint density at radius 1 is 1.02 bits per heavy atom. The Balaban J connectivity index is 1.71. The Labute approximate surface area is 302 Å². The van der Waals surface area contributed by atoms with E-state index in [-0.39, 0.29) is 56.0 Å². The zero-order chi connectivity index (χ0) is 37.2. The van der Waals surface area contributed by atoms with Crippen LogP contribution in [-0.4, -0.2) is 108 Å². The van der Waals surface area contributed by atoms with Crippen LogP contribution in [0.1, 0.15) is 118 Å². The first kappa shape index (κ1) is 41.4. The van der Waals surface area contributed by atoms with E-state index in [9.17, 15) is 29.7 Å². The molecule has 0 amide bonds. The van der Waals surface area contributed by atoms with Crippen molar-refractivity contribution in [3.8, 4) is 0 Å². The summed E-state index contributed by atoms with van der Waals surface area (Å²) in [6.45, 7) is 7.40. The molecule has 0 radical (unpaired) electrons.